The number of fused-ring (bicyclic) bond motifs is 2. The lowest BCUT2D eigenvalue weighted by molar-refractivity contribution is 0.0299. The second-order valence-electron chi connectivity index (χ2n) is 4.39. The number of aromatic nitrogens is 2. The molecule has 2 fully saturated rings. The summed E-state index contributed by atoms with van der Waals surface area (Å²) in [5.74, 6) is 1.30. The Balaban J connectivity index is 1.84. The maximum atomic E-state index is 5.79. The quantitative estimate of drug-likeness (QED) is 0.830. The minimum atomic E-state index is 0.340. The number of anilines is 1. The van der Waals surface area contributed by atoms with Gasteiger partial charge in [0.05, 0.1) is 30.0 Å². The maximum absolute atomic E-state index is 5.79. The predicted molar refractivity (Wildman–Crippen MR) is 66.4 cm³/mol. The van der Waals surface area contributed by atoms with E-state index < -0.39 is 0 Å². The van der Waals surface area contributed by atoms with Crippen LogP contribution in [0, 0.1) is 0 Å². The molecule has 0 spiro atoms. The molecule has 2 saturated heterocycles. The second-order valence-corrected chi connectivity index (χ2v) is 5.24. The molecule has 92 valence electrons. The summed E-state index contributed by atoms with van der Waals surface area (Å²) in [6.45, 7) is 1.75. The van der Waals surface area contributed by atoms with Crippen molar-refractivity contribution in [2.24, 2.45) is 0 Å². The largest absolute Gasteiger partial charge is 0.480 e. The van der Waals surface area contributed by atoms with Gasteiger partial charge < -0.3 is 14.4 Å². The van der Waals surface area contributed by atoms with Gasteiger partial charge in [0, 0.05) is 13.1 Å². The van der Waals surface area contributed by atoms with Gasteiger partial charge in [0.25, 0.3) is 0 Å². The van der Waals surface area contributed by atoms with Gasteiger partial charge in [-0.2, -0.15) is 4.98 Å². The third-order valence-electron chi connectivity index (χ3n) is 3.22. The molecule has 0 aliphatic carbocycles. The molecule has 2 unspecified atom stereocenters. The van der Waals surface area contributed by atoms with Gasteiger partial charge >= 0.3 is 0 Å². The Morgan fingerprint density at radius 1 is 1.41 bits per heavy atom. The fourth-order valence-electron chi connectivity index (χ4n) is 2.42. The molecule has 1 aromatic heterocycles. The van der Waals surface area contributed by atoms with Crippen molar-refractivity contribution >= 4 is 21.9 Å². The van der Waals surface area contributed by atoms with Gasteiger partial charge in [0.15, 0.2) is 0 Å². The summed E-state index contributed by atoms with van der Waals surface area (Å²) in [7, 11) is 1.61. The van der Waals surface area contributed by atoms with Crippen LogP contribution in [0.5, 0.6) is 5.88 Å². The SMILES string of the molecule is COc1nc(N2CC3CCC(C2)O3)ncc1Br. The monoisotopic (exact) mass is 299 g/mol. The van der Waals surface area contributed by atoms with E-state index in [0.717, 1.165) is 36.4 Å². The van der Waals surface area contributed by atoms with Crippen molar-refractivity contribution in [2.45, 2.75) is 25.0 Å². The predicted octanol–water partition coefficient (Wildman–Crippen LogP) is 1.62. The van der Waals surface area contributed by atoms with Crippen LogP contribution in [0.15, 0.2) is 10.7 Å². The van der Waals surface area contributed by atoms with Gasteiger partial charge in [0.1, 0.15) is 0 Å². The van der Waals surface area contributed by atoms with Crippen molar-refractivity contribution in [3.05, 3.63) is 10.7 Å². The van der Waals surface area contributed by atoms with Crippen molar-refractivity contribution in [3.8, 4) is 5.88 Å². The molecular weight excluding hydrogens is 286 g/mol. The lowest BCUT2D eigenvalue weighted by atomic mass is 10.2. The van der Waals surface area contributed by atoms with E-state index in [2.05, 4.69) is 30.8 Å². The highest BCUT2D eigenvalue weighted by Crippen LogP contribution is 2.30. The third-order valence-corrected chi connectivity index (χ3v) is 3.76. The van der Waals surface area contributed by atoms with E-state index in [0.29, 0.717) is 18.1 Å². The summed E-state index contributed by atoms with van der Waals surface area (Å²) in [4.78, 5) is 10.9. The normalized spacial score (nSPS) is 27.3. The number of rotatable bonds is 2. The zero-order valence-electron chi connectivity index (χ0n) is 9.60. The standard InChI is InChI=1S/C11H14BrN3O2/c1-16-10-9(12)4-13-11(14-10)15-5-7-2-3-8(6-15)17-7/h4,7-8H,2-3,5-6H2,1H3. The fourth-order valence-corrected chi connectivity index (χ4v) is 2.77. The molecule has 3 rings (SSSR count). The molecule has 17 heavy (non-hydrogen) atoms. The molecule has 2 aliphatic rings. The van der Waals surface area contributed by atoms with Crippen LogP contribution in [0.25, 0.3) is 0 Å². The van der Waals surface area contributed by atoms with E-state index in [-0.39, 0.29) is 0 Å². The van der Waals surface area contributed by atoms with Gasteiger partial charge in [-0.3, -0.25) is 0 Å². The fraction of sp³-hybridized carbons (Fsp3) is 0.636. The van der Waals surface area contributed by atoms with Crippen LogP contribution in [0.2, 0.25) is 0 Å². The lowest BCUT2D eigenvalue weighted by Gasteiger charge is -2.32. The van der Waals surface area contributed by atoms with E-state index in [4.69, 9.17) is 9.47 Å². The highest BCUT2D eigenvalue weighted by Gasteiger charge is 2.34. The van der Waals surface area contributed by atoms with Gasteiger partial charge in [-0.25, -0.2) is 4.98 Å². The van der Waals surface area contributed by atoms with Crippen molar-refractivity contribution in [1.29, 1.82) is 0 Å². The first-order valence-corrected chi connectivity index (χ1v) is 6.52. The summed E-state index contributed by atoms with van der Waals surface area (Å²) in [6, 6.07) is 0. The first-order chi connectivity index (χ1) is 8.26. The average Bonchev–Trinajstić information content (AvgIpc) is 2.69. The Bertz CT molecular complexity index is 417. The molecule has 1 aromatic rings. The molecule has 6 heteroatoms. The Kier molecular flexibility index (Phi) is 2.92. The van der Waals surface area contributed by atoms with Crippen molar-refractivity contribution < 1.29 is 9.47 Å². The molecule has 5 nitrogen and oxygen atoms in total. The number of morpholine rings is 1. The van der Waals surface area contributed by atoms with Crippen LogP contribution in [-0.2, 0) is 4.74 Å². The molecule has 2 atom stereocenters. The van der Waals surface area contributed by atoms with Crippen LogP contribution < -0.4 is 9.64 Å². The number of hydrogen-bond acceptors (Lipinski definition) is 5. The molecule has 0 saturated carbocycles. The number of hydrogen-bond donors (Lipinski definition) is 0. The molecule has 0 aromatic carbocycles. The molecule has 3 heterocycles. The minimum absolute atomic E-state index is 0.340. The maximum Gasteiger partial charge on any atom is 0.232 e. The summed E-state index contributed by atoms with van der Waals surface area (Å²) < 4.78 is 11.8. The van der Waals surface area contributed by atoms with Crippen molar-refractivity contribution in [3.63, 3.8) is 0 Å². The summed E-state index contributed by atoms with van der Waals surface area (Å²) in [5, 5.41) is 0. The molecule has 0 amide bonds. The van der Waals surface area contributed by atoms with E-state index in [1.54, 1.807) is 13.3 Å². The second kappa shape index (κ2) is 4.42. The Hall–Kier alpha value is -0.880. The van der Waals surface area contributed by atoms with Gasteiger partial charge in [0.2, 0.25) is 11.8 Å². The number of ether oxygens (including phenoxy) is 2. The summed E-state index contributed by atoms with van der Waals surface area (Å²) >= 11 is 3.36. The van der Waals surface area contributed by atoms with Crippen LogP contribution in [-0.4, -0.2) is 42.4 Å². The summed E-state index contributed by atoms with van der Waals surface area (Å²) in [5.41, 5.74) is 0. The zero-order valence-corrected chi connectivity index (χ0v) is 11.2. The first kappa shape index (κ1) is 11.2. The highest BCUT2D eigenvalue weighted by molar-refractivity contribution is 9.10. The smallest absolute Gasteiger partial charge is 0.232 e. The number of halogens is 1. The summed E-state index contributed by atoms with van der Waals surface area (Å²) in [6.07, 6.45) is 4.71. The van der Waals surface area contributed by atoms with E-state index >= 15 is 0 Å². The minimum Gasteiger partial charge on any atom is -0.480 e. The molecule has 0 radical (unpaired) electrons. The van der Waals surface area contributed by atoms with Gasteiger partial charge in [-0.1, -0.05) is 0 Å². The molecule has 0 N–H and O–H groups in total. The van der Waals surface area contributed by atoms with E-state index in [1.807, 2.05) is 0 Å². The van der Waals surface area contributed by atoms with Gasteiger partial charge in [-0.05, 0) is 28.8 Å². The topological polar surface area (TPSA) is 47.5 Å². The third kappa shape index (κ3) is 2.11. The molecule has 2 aliphatic heterocycles. The van der Waals surface area contributed by atoms with Crippen molar-refractivity contribution in [2.75, 3.05) is 25.1 Å². The molecular formula is C11H14BrN3O2. The van der Waals surface area contributed by atoms with Crippen LogP contribution in [0.1, 0.15) is 12.8 Å². The molecule has 2 bridgehead atoms. The highest BCUT2D eigenvalue weighted by atomic mass is 79.9. The number of methoxy groups -OCH3 is 1. The first-order valence-electron chi connectivity index (χ1n) is 5.73. The number of nitrogens with zero attached hydrogens (tertiary/aromatic N) is 3. The zero-order chi connectivity index (χ0) is 11.8. The Morgan fingerprint density at radius 3 is 2.76 bits per heavy atom. The van der Waals surface area contributed by atoms with E-state index in [1.165, 1.54) is 0 Å². The van der Waals surface area contributed by atoms with Crippen LogP contribution in [0.4, 0.5) is 5.95 Å². The van der Waals surface area contributed by atoms with Crippen LogP contribution in [0.3, 0.4) is 0 Å². The van der Waals surface area contributed by atoms with Crippen LogP contribution >= 0.6 is 15.9 Å². The lowest BCUT2D eigenvalue weighted by Crippen LogP contribution is -2.43. The Labute approximate surface area is 108 Å². The van der Waals surface area contributed by atoms with E-state index in [9.17, 15) is 0 Å². The Morgan fingerprint density at radius 2 is 2.12 bits per heavy atom. The van der Waals surface area contributed by atoms with Gasteiger partial charge in [-0.15, -0.1) is 0 Å². The average molecular weight is 300 g/mol. The van der Waals surface area contributed by atoms with Crippen molar-refractivity contribution in [1.82, 2.24) is 9.97 Å².